The number of nitrogens with zero attached hydrogens (tertiary/aromatic N) is 2. The number of hydrogen-bond acceptors (Lipinski definition) is 3. The van der Waals surface area contributed by atoms with Crippen molar-refractivity contribution in [1.29, 1.82) is 0 Å². The van der Waals surface area contributed by atoms with Crippen molar-refractivity contribution in [2.75, 3.05) is 11.4 Å². The Morgan fingerprint density at radius 3 is 2.52 bits per heavy atom. The van der Waals surface area contributed by atoms with E-state index >= 15 is 0 Å². The van der Waals surface area contributed by atoms with E-state index in [1.54, 1.807) is 18.5 Å². The summed E-state index contributed by atoms with van der Waals surface area (Å²) >= 11 is 12.7. The van der Waals surface area contributed by atoms with Gasteiger partial charge in [0.15, 0.2) is 0 Å². The maximum absolute atomic E-state index is 11.2. The first-order valence-corrected chi connectivity index (χ1v) is 10.6. The molecular weight excluding hydrogens is 407 g/mol. The second kappa shape index (κ2) is 6.87. The van der Waals surface area contributed by atoms with E-state index in [1.807, 2.05) is 36.4 Å². The average Bonchev–Trinajstić information content (AvgIpc) is 2.91. The smallest absolute Gasteiger partial charge is 0.283 e. The third kappa shape index (κ3) is 3.71. The number of benzene rings is 2. The summed E-state index contributed by atoms with van der Waals surface area (Å²) in [6, 6.07) is 13.2. The molecule has 0 saturated heterocycles. The predicted octanol–water partition coefficient (Wildman–Crippen LogP) is 5.00. The van der Waals surface area contributed by atoms with Crippen molar-refractivity contribution < 1.29 is 13.0 Å². The zero-order valence-electron chi connectivity index (χ0n) is 14.1. The second-order valence-electron chi connectivity index (χ2n) is 6.44. The number of anilines is 2. The lowest BCUT2D eigenvalue weighted by Gasteiger charge is -2.26. The molecule has 0 unspecified atom stereocenters. The van der Waals surface area contributed by atoms with Gasteiger partial charge >= 0.3 is 0 Å². The second-order valence-corrected chi connectivity index (χ2v) is 8.70. The maximum Gasteiger partial charge on any atom is 0.283 e. The van der Waals surface area contributed by atoms with Crippen LogP contribution < -0.4 is 4.90 Å². The Morgan fingerprint density at radius 2 is 1.78 bits per heavy atom. The van der Waals surface area contributed by atoms with Gasteiger partial charge in [-0.15, -0.1) is 0 Å². The van der Waals surface area contributed by atoms with Crippen molar-refractivity contribution in [2.45, 2.75) is 12.3 Å². The van der Waals surface area contributed by atoms with Crippen molar-refractivity contribution in [3.8, 4) is 11.1 Å². The van der Waals surface area contributed by atoms with Crippen LogP contribution in [0.1, 0.15) is 5.56 Å². The van der Waals surface area contributed by atoms with Gasteiger partial charge in [0, 0.05) is 35.1 Å². The Morgan fingerprint density at radius 1 is 1.00 bits per heavy atom. The summed E-state index contributed by atoms with van der Waals surface area (Å²) in [6.07, 6.45) is 4.19. The molecule has 0 radical (unpaired) electrons. The molecule has 27 heavy (non-hydrogen) atoms. The quantitative estimate of drug-likeness (QED) is 0.603. The summed E-state index contributed by atoms with van der Waals surface area (Å²) in [7, 11) is -4.12. The molecule has 1 aliphatic rings. The average molecular weight is 423 g/mol. The summed E-state index contributed by atoms with van der Waals surface area (Å²) in [5, 5.41) is 1.25. The van der Waals surface area contributed by atoms with Crippen molar-refractivity contribution in [1.82, 2.24) is 4.57 Å². The van der Waals surface area contributed by atoms with E-state index in [0.29, 0.717) is 23.0 Å². The van der Waals surface area contributed by atoms with Gasteiger partial charge in [-0.05, 0) is 36.2 Å². The fourth-order valence-electron chi connectivity index (χ4n) is 3.49. The number of halogens is 2. The van der Waals surface area contributed by atoms with Gasteiger partial charge in [0.2, 0.25) is 0 Å². The van der Waals surface area contributed by atoms with Crippen LogP contribution >= 0.6 is 23.2 Å². The molecule has 1 aromatic heterocycles. The largest absolute Gasteiger partial charge is 0.339 e. The van der Waals surface area contributed by atoms with Gasteiger partial charge in [0.05, 0.1) is 16.4 Å². The molecule has 2 aromatic carbocycles. The molecule has 140 valence electrons. The summed E-state index contributed by atoms with van der Waals surface area (Å²) in [5.41, 5.74) is 4.63. The number of aromatic nitrogens is 1. The number of fused-ring (bicyclic) bond motifs is 3. The molecule has 0 amide bonds. The normalized spacial score (nSPS) is 13.8. The van der Waals surface area contributed by atoms with Crippen molar-refractivity contribution in [2.24, 2.45) is 0 Å². The number of hydrogen-bond donors (Lipinski definition) is 1. The molecule has 0 atom stereocenters. The molecule has 3 aromatic rings. The lowest BCUT2D eigenvalue weighted by Crippen LogP contribution is -2.19. The Balaban J connectivity index is 1.87. The fourth-order valence-corrected chi connectivity index (χ4v) is 4.42. The highest BCUT2D eigenvalue weighted by atomic mass is 35.5. The molecule has 0 spiro atoms. The molecule has 4 rings (SSSR count). The third-order valence-electron chi connectivity index (χ3n) is 4.56. The Hall–Kier alpha value is -1.99. The molecule has 0 saturated carbocycles. The summed E-state index contributed by atoms with van der Waals surface area (Å²) < 4.78 is 33.1. The fraction of sp³-hybridized carbons (Fsp3) is 0.158. The zero-order valence-corrected chi connectivity index (χ0v) is 16.5. The molecule has 0 bridgehead atoms. The van der Waals surface area contributed by atoms with Gasteiger partial charge in [0.25, 0.3) is 10.1 Å². The summed E-state index contributed by atoms with van der Waals surface area (Å²) in [5.74, 6) is -0.475. The SMILES string of the molecule is O=S(=O)(O)Cn1cc2c(c1)-c1ccc(Cl)cc1N(c1ccccc1Cl)CC2. The predicted molar refractivity (Wildman–Crippen MR) is 109 cm³/mol. The molecule has 1 N–H and O–H groups in total. The van der Waals surface area contributed by atoms with E-state index in [1.165, 1.54) is 4.57 Å². The van der Waals surface area contributed by atoms with E-state index in [4.69, 9.17) is 27.8 Å². The van der Waals surface area contributed by atoms with Gasteiger partial charge in [-0.1, -0.05) is 41.4 Å². The van der Waals surface area contributed by atoms with Crippen LogP contribution in [0, 0.1) is 0 Å². The van der Waals surface area contributed by atoms with Gasteiger partial charge < -0.3 is 9.47 Å². The zero-order chi connectivity index (χ0) is 19.2. The highest BCUT2D eigenvalue weighted by molar-refractivity contribution is 7.84. The standard InChI is InChI=1S/C19H16Cl2N2O3S/c20-14-5-6-15-16-11-22(12-27(24,25)26)10-13(16)7-8-23(19(15)9-14)18-4-2-1-3-17(18)21/h1-6,9-11H,7-8,12H2,(H,24,25,26). The Bertz CT molecular complexity index is 1130. The van der Waals surface area contributed by atoms with Crippen LogP contribution in [0.5, 0.6) is 0 Å². The van der Waals surface area contributed by atoms with Gasteiger partial charge in [-0.25, -0.2) is 0 Å². The van der Waals surface area contributed by atoms with Crippen LogP contribution in [0.4, 0.5) is 11.4 Å². The molecule has 1 aliphatic heterocycles. The van der Waals surface area contributed by atoms with Crippen LogP contribution in [-0.4, -0.2) is 24.1 Å². The van der Waals surface area contributed by atoms with Crippen molar-refractivity contribution >= 4 is 44.7 Å². The van der Waals surface area contributed by atoms with E-state index < -0.39 is 16.0 Å². The lowest BCUT2D eigenvalue weighted by atomic mass is 10.0. The minimum Gasteiger partial charge on any atom is -0.339 e. The minimum atomic E-state index is -4.12. The summed E-state index contributed by atoms with van der Waals surface area (Å²) in [6.45, 7) is 0.653. The van der Waals surface area contributed by atoms with Crippen LogP contribution in [0.2, 0.25) is 10.0 Å². The maximum atomic E-state index is 11.2. The third-order valence-corrected chi connectivity index (χ3v) is 5.74. The molecule has 0 fully saturated rings. The van der Waals surface area contributed by atoms with E-state index in [2.05, 4.69) is 4.90 Å². The van der Waals surface area contributed by atoms with E-state index in [9.17, 15) is 8.42 Å². The molecule has 2 heterocycles. The highest BCUT2D eigenvalue weighted by Crippen LogP contribution is 2.43. The first-order chi connectivity index (χ1) is 12.8. The molecule has 8 heteroatoms. The molecular formula is C19H16Cl2N2O3S. The molecule has 5 nitrogen and oxygen atoms in total. The Labute approximate surface area is 167 Å². The van der Waals surface area contributed by atoms with E-state index in [0.717, 1.165) is 28.1 Å². The van der Waals surface area contributed by atoms with Crippen LogP contribution in [0.25, 0.3) is 11.1 Å². The number of rotatable bonds is 3. The topological polar surface area (TPSA) is 62.5 Å². The number of para-hydroxylation sites is 1. The monoisotopic (exact) mass is 422 g/mol. The highest BCUT2D eigenvalue weighted by Gasteiger charge is 2.24. The van der Waals surface area contributed by atoms with Crippen molar-refractivity contribution in [3.63, 3.8) is 0 Å². The van der Waals surface area contributed by atoms with Gasteiger partial charge in [0.1, 0.15) is 5.88 Å². The van der Waals surface area contributed by atoms with Gasteiger partial charge in [-0.2, -0.15) is 8.42 Å². The van der Waals surface area contributed by atoms with Crippen LogP contribution in [-0.2, 0) is 22.4 Å². The first kappa shape index (κ1) is 18.4. The minimum absolute atomic E-state index is 0.475. The lowest BCUT2D eigenvalue weighted by molar-refractivity contribution is 0.472. The summed E-state index contributed by atoms with van der Waals surface area (Å²) in [4.78, 5) is 2.12. The van der Waals surface area contributed by atoms with Gasteiger partial charge in [-0.3, -0.25) is 4.55 Å². The van der Waals surface area contributed by atoms with Crippen molar-refractivity contribution in [3.05, 3.63) is 70.5 Å². The first-order valence-electron chi connectivity index (χ1n) is 8.27. The molecule has 0 aliphatic carbocycles. The van der Waals surface area contributed by atoms with E-state index in [-0.39, 0.29) is 0 Å². The van der Waals surface area contributed by atoms with Crippen LogP contribution in [0.3, 0.4) is 0 Å². The van der Waals surface area contributed by atoms with Crippen LogP contribution in [0.15, 0.2) is 54.9 Å². The Kier molecular flexibility index (Phi) is 4.68.